The van der Waals surface area contributed by atoms with Crippen molar-refractivity contribution in [3.8, 4) is 11.1 Å². The van der Waals surface area contributed by atoms with Crippen molar-refractivity contribution in [2.75, 3.05) is 18.5 Å². The van der Waals surface area contributed by atoms with E-state index in [4.69, 9.17) is 9.47 Å². The number of hydrogen-bond donors (Lipinski definition) is 1. The third kappa shape index (κ3) is 4.87. The first-order valence-electron chi connectivity index (χ1n) is 9.10. The first kappa shape index (κ1) is 21.1. The summed E-state index contributed by atoms with van der Waals surface area (Å²) in [6.07, 6.45) is 4.01. The SMILES string of the molecule is CCOC(=O)c1c(NC(=O)COC(=O)c2cnccn2)sc(C)c1-c1ccccc1. The maximum Gasteiger partial charge on any atom is 0.359 e. The molecule has 0 saturated heterocycles. The van der Waals surface area contributed by atoms with Gasteiger partial charge in [0.05, 0.1) is 12.8 Å². The minimum atomic E-state index is -0.767. The Labute approximate surface area is 176 Å². The molecule has 0 spiro atoms. The molecule has 30 heavy (non-hydrogen) atoms. The first-order valence-corrected chi connectivity index (χ1v) is 9.91. The van der Waals surface area contributed by atoms with Gasteiger partial charge in [-0.25, -0.2) is 14.6 Å². The van der Waals surface area contributed by atoms with E-state index in [9.17, 15) is 14.4 Å². The fraction of sp³-hybridized carbons (Fsp3) is 0.190. The van der Waals surface area contributed by atoms with Gasteiger partial charge in [0, 0.05) is 22.8 Å². The maximum atomic E-state index is 12.6. The Bertz CT molecular complexity index is 1050. The number of ether oxygens (including phenoxy) is 2. The summed E-state index contributed by atoms with van der Waals surface area (Å²) in [7, 11) is 0. The van der Waals surface area contributed by atoms with E-state index in [1.807, 2.05) is 37.3 Å². The zero-order valence-corrected chi connectivity index (χ0v) is 17.2. The number of aryl methyl sites for hydroxylation is 1. The van der Waals surface area contributed by atoms with Crippen LogP contribution in [0.5, 0.6) is 0 Å². The molecular formula is C21H19N3O5S. The van der Waals surface area contributed by atoms with Gasteiger partial charge in [0.2, 0.25) is 0 Å². The monoisotopic (exact) mass is 425 g/mol. The van der Waals surface area contributed by atoms with Crippen molar-refractivity contribution in [3.05, 3.63) is 65.1 Å². The molecule has 3 aromatic rings. The third-order valence-electron chi connectivity index (χ3n) is 3.99. The molecule has 0 unspecified atom stereocenters. The molecular weight excluding hydrogens is 406 g/mol. The van der Waals surface area contributed by atoms with E-state index in [1.165, 1.54) is 29.9 Å². The lowest BCUT2D eigenvalue weighted by Gasteiger charge is -2.09. The number of esters is 2. The average Bonchev–Trinajstić information content (AvgIpc) is 3.09. The lowest BCUT2D eigenvalue weighted by atomic mass is 10.0. The summed E-state index contributed by atoms with van der Waals surface area (Å²) in [4.78, 5) is 45.4. The van der Waals surface area contributed by atoms with Crippen LogP contribution in [-0.2, 0) is 14.3 Å². The van der Waals surface area contributed by atoms with Crippen LogP contribution >= 0.6 is 11.3 Å². The average molecular weight is 425 g/mol. The highest BCUT2D eigenvalue weighted by molar-refractivity contribution is 7.17. The second-order valence-electron chi connectivity index (χ2n) is 6.04. The van der Waals surface area contributed by atoms with E-state index in [1.54, 1.807) is 6.92 Å². The number of benzene rings is 1. The summed E-state index contributed by atoms with van der Waals surface area (Å²) in [6.45, 7) is 3.24. The highest BCUT2D eigenvalue weighted by Crippen LogP contribution is 2.40. The first-order chi connectivity index (χ1) is 14.5. The Balaban J connectivity index is 1.80. The lowest BCUT2D eigenvalue weighted by molar-refractivity contribution is -0.119. The van der Waals surface area contributed by atoms with Gasteiger partial charge in [-0.3, -0.25) is 9.78 Å². The van der Waals surface area contributed by atoms with Crippen molar-refractivity contribution in [2.45, 2.75) is 13.8 Å². The van der Waals surface area contributed by atoms with Crippen LogP contribution in [0.4, 0.5) is 5.00 Å². The van der Waals surface area contributed by atoms with Gasteiger partial charge < -0.3 is 14.8 Å². The van der Waals surface area contributed by atoms with Crippen LogP contribution in [-0.4, -0.2) is 41.0 Å². The van der Waals surface area contributed by atoms with Crippen LogP contribution in [0.25, 0.3) is 11.1 Å². The summed E-state index contributed by atoms with van der Waals surface area (Å²) >= 11 is 1.25. The second-order valence-corrected chi connectivity index (χ2v) is 7.26. The zero-order valence-electron chi connectivity index (χ0n) is 16.4. The number of nitrogens with one attached hydrogen (secondary N) is 1. The largest absolute Gasteiger partial charge is 0.462 e. The molecule has 0 bridgehead atoms. The number of anilines is 1. The standard InChI is InChI=1S/C21H19N3O5S/c1-3-28-21(27)18-17(14-7-5-4-6-8-14)13(2)30-19(18)24-16(25)12-29-20(26)15-11-22-9-10-23-15/h4-11H,3,12H2,1-2H3,(H,24,25). The highest BCUT2D eigenvalue weighted by Gasteiger charge is 2.25. The number of rotatable bonds is 7. The number of nitrogens with zero attached hydrogens (tertiary/aromatic N) is 2. The minimum absolute atomic E-state index is 0.00385. The molecule has 0 fully saturated rings. The molecule has 0 radical (unpaired) electrons. The molecule has 9 heteroatoms. The number of aromatic nitrogens is 2. The Morgan fingerprint density at radius 2 is 1.83 bits per heavy atom. The highest BCUT2D eigenvalue weighted by atomic mass is 32.1. The van der Waals surface area contributed by atoms with Gasteiger partial charge in [-0.15, -0.1) is 11.3 Å². The normalized spacial score (nSPS) is 10.3. The van der Waals surface area contributed by atoms with Gasteiger partial charge in [-0.1, -0.05) is 30.3 Å². The van der Waals surface area contributed by atoms with E-state index in [0.717, 1.165) is 10.4 Å². The summed E-state index contributed by atoms with van der Waals surface area (Å²) < 4.78 is 10.2. The molecule has 1 N–H and O–H groups in total. The van der Waals surface area contributed by atoms with Crippen molar-refractivity contribution in [1.29, 1.82) is 0 Å². The molecule has 3 rings (SSSR count). The van der Waals surface area contributed by atoms with Gasteiger partial charge in [0.25, 0.3) is 5.91 Å². The molecule has 1 amide bonds. The summed E-state index contributed by atoms with van der Waals surface area (Å²) in [5.41, 5.74) is 1.81. The Hall–Kier alpha value is -3.59. The molecule has 2 aromatic heterocycles. The van der Waals surface area contributed by atoms with Crippen molar-refractivity contribution >= 4 is 34.2 Å². The lowest BCUT2D eigenvalue weighted by Crippen LogP contribution is -2.22. The Morgan fingerprint density at radius 3 is 2.50 bits per heavy atom. The molecule has 8 nitrogen and oxygen atoms in total. The number of amides is 1. The van der Waals surface area contributed by atoms with Gasteiger partial charge >= 0.3 is 11.9 Å². The van der Waals surface area contributed by atoms with Crippen LogP contribution < -0.4 is 5.32 Å². The molecule has 0 aliphatic heterocycles. The molecule has 0 saturated carbocycles. The maximum absolute atomic E-state index is 12.6. The van der Waals surface area contributed by atoms with Gasteiger partial charge in [-0.05, 0) is 19.4 Å². The van der Waals surface area contributed by atoms with Crippen LogP contribution in [0.15, 0.2) is 48.9 Å². The summed E-state index contributed by atoms with van der Waals surface area (Å²) in [6, 6.07) is 9.37. The number of hydrogen-bond acceptors (Lipinski definition) is 8. The van der Waals surface area contributed by atoms with Crippen molar-refractivity contribution in [1.82, 2.24) is 9.97 Å². The minimum Gasteiger partial charge on any atom is -0.462 e. The summed E-state index contributed by atoms with van der Waals surface area (Å²) in [5.74, 6) is -1.89. The van der Waals surface area contributed by atoms with Crippen molar-refractivity contribution in [2.24, 2.45) is 0 Å². The summed E-state index contributed by atoms with van der Waals surface area (Å²) in [5, 5.41) is 2.99. The predicted molar refractivity (Wildman–Crippen MR) is 111 cm³/mol. The molecule has 154 valence electrons. The van der Waals surface area contributed by atoms with Gasteiger partial charge in [-0.2, -0.15) is 0 Å². The van der Waals surface area contributed by atoms with E-state index in [-0.39, 0.29) is 17.9 Å². The molecule has 2 heterocycles. The van der Waals surface area contributed by atoms with Crippen LogP contribution in [0.2, 0.25) is 0 Å². The van der Waals surface area contributed by atoms with E-state index >= 15 is 0 Å². The van der Waals surface area contributed by atoms with E-state index in [2.05, 4.69) is 15.3 Å². The quantitative estimate of drug-likeness (QED) is 0.577. The Morgan fingerprint density at radius 1 is 1.07 bits per heavy atom. The fourth-order valence-corrected chi connectivity index (χ4v) is 3.84. The second kappa shape index (κ2) is 9.75. The number of carbonyl (C=O) groups excluding carboxylic acids is 3. The fourth-order valence-electron chi connectivity index (χ4n) is 2.76. The van der Waals surface area contributed by atoms with Crippen LogP contribution in [0, 0.1) is 6.92 Å². The molecule has 1 aromatic carbocycles. The Kier molecular flexibility index (Phi) is 6.87. The molecule has 0 aliphatic rings. The van der Waals surface area contributed by atoms with Crippen molar-refractivity contribution < 1.29 is 23.9 Å². The smallest absolute Gasteiger partial charge is 0.359 e. The molecule has 0 aliphatic carbocycles. The van der Waals surface area contributed by atoms with E-state index in [0.29, 0.717) is 10.6 Å². The topological polar surface area (TPSA) is 107 Å². The zero-order chi connectivity index (χ0) is 21.5. The van der Waals surface area contributed by atoms with Crippen LogP contribution in [0.3, 0.4) is 0 Å². The van der Waals surface area contributed by atoms with Gasteiger partial charge in [0.15, 0.2) is 12.3 Å². The number of carbonyl (C=O) groups is 3. The predicted octanol–water partition coefficient (Wildman–Crippen LogP) is 3.49. The van der Waals surface area contributed by atoms with Crippen molar-refractivity contribution in [3.63, 3.8) is 0 Å². The molecule has 0 atom stereocenters. The third-order valence-corrected chi connectivity index (χ3v) is 5.01. The van der Waals surface area contributed by atoms with Gasteiger partial charge in [0.1, 0.15) is 10.6 Å². The van der Waals surface area contributed by atoms with E-state index < -0.39 is 24.5 Å². The number of thiophene rings is 1. The van der Waals surface area contributed by atoms with Crippen LogP contribution in [0.1, 0.15) is 32.6 Å².